The average Bonchev–Trinajstić information content (AvgIpc) is 2.72. The van der Waals surface area contributed by atoms with E-state index >= 15 is 0 Å². The van der Waals surface area contributed by atoms with Gasteiger partial charge < -0.3 is 10.1 Å². The molecule has 1 heterocycles. The number of carbonyl (C=O) groups excluding carboxylic acids is 1. The van der Waals surface area contributed by atoms with E-state index in [9.17, 15) is 22.4 Å². The monoisotopic (exact) mass is 419 g/mol. The van der Waals surface area contributed by atoms with Crippen molar-refractivity contribution in [3.63, 3.8) is 0 Å². The minimum atomic E-state index is -4.65. The van der Waals surface area contributed by atoms with E-state index in [0.717, 1.165) is 17.7 Å². The van der Waals surface area contributed by atoms with E-state index in [1.807, 2.05) is 30.3 Å². The molecule has 1 atom stereocenters. The third kappa shape index (κ3) is 5.31. The lowest BCUT2D eigenvalue weighted by atomic mass is 10.0. The fourth-order valence-electron chi connectivity index (χ4n) is 2.64. The molecule has 1 amide bonds. The van der Waals surface area contributed by atoms with E-state index in [1.165, 1.54) is 19.3 Å². The molecule has 9 heteroatoms. The number of halogens is 4. The van der Waals surface area contributed by atoms with Gasteiger partial charge in [-0.15, -0.1) is 0 Å². The topological polar surface area (TPSA) is 64.1 Å². The highest BCUT2D eigenvalue weighted by Crippen LogP contribution is 2.31. The summed E-state index contributed by atoms with van der Waals surface area (Å²) in [6, 6.07) is 10.7. The van der Waals surface area contributed by atoms with E-state index in [2.05, 4.69) is 15.3 Å². The summed E-state index contributed by atoms with van der Waals surface area (Å²) in [6.45, 7) is 1.74. The molecule has 3 rings (SSSR count). The van der Waals surface area contributed by atoms with E-state index in [1.54, 1.807) is 0 Å². The van der Waals surface area contributed by atoms with Crippen LogP contribution in [0, 0.1) is 5.82 Å². The molecule has 3 aromatic rings. The third-order valence-electron chi connectivity index (χ3n) is 4.23. The average molecular weight is 419 g/mol. The smallest absolute Gasteiger partial charge is 0.416 e. The fourth-order valence-corrected chi connectivity index (χ4v) is 2.64. The van der Waals surface area contributed by atoms with Crippen LogP contribution >= 0.6 is 0 Å². The summed E-state index contributed by atoms with van der Waals surface area (Å²) < 4.78 is 57.5. The second-order valence-corrected chi connectivity index (χ2v) is 6.44. The van der Waals surface area contributed by atoms with Crippen LogP contribution < -0.4 is 10.1 Å². The van der Waals surface area contributed by atoms with Crippen molar-refractivity contribution in [2.75, 3.05) is 0 Å². The molecule has 0 radical (unpaired) electrons. The summed E-state index contributed by atoms with van der Waals surface area (Å²) in [7, 11) is 0. The first kappa shape index (κ1) is 21.2. The summed E-state index contributed by atoms with van der Waals surface area (Å²) >= 11 is 0. The summed E-state index contributed by atoms with van der Waals surface area (Å²) in [5.74, 6) is -1.49. The van der Waals surface area contributed by atoms with Gasteiger partial charge in [0.05, 0.1) is 24.0 Å². The SMILES string of the molecule is CC(NC(=O)c1cnc(OCc2ccccc2)cn1)c1ccc(C(F)(F)F)cc1F. The quantitative estimate of drug-likeness (QED) is 0.588. The lowest BCUT2D eigenvalue weighted by Gasteiger charge is -2.16. The minimum absolute atomic E-state index is 0.0405. The molecule has 2 aromatic carbocycles. The number of aromatic nitrogens is 2. The Bertz CT molecular complexity index is 1010. The fraction of sp³-hybridized carbons (Fsp3) is 0.190. The first-order chi connectivity index (χ1) is 14.2. The van der Waals surface area contributed by atoms with Crippen molar-refractivity contribution in [3.8, 4) is 5.88 Å². The maximum absolute atomic E-state index is 14.1. The number of benzene rings is 2. The molecule has 1 N–H and O–H groups in total. The predicted molar refractivity (Wildman–Crippen MR) is 100 cm³/mol. The van der Waals surface area contributed by atoms with Crippen molar-refractivity contribution in [2.24, 2.45) is 0 Å². The van der Waals surface area contributed by atoms with E-state index in [-0.39, 0.29) is 23.7 Å². The molecule has 1 aromatic heterocycles. The number of nitrogens with one attached hydrogen (secondary N) is 1. The van der Waals surface area contributed by atoms with Crippen molar-refractivity contribution in [1.29, 1.82) is 0 Å². The van der Waals surface area contributed by atoms with Crippen LogP contribution in [0.5, 0.6) is 5.88 Å². The van der Waals surface area contributed by atoms with Crippen LogP contribution in [0.15, 0.2) is 60.9 Å². The molecule has 0 aliphatic heterocycles. The van der Waals surface area contributed by atoms with Gasteiger partial charge in [0.25, 0.3) is 5.91 Å². The maximum atomic E-state index is 14.1. The molecule has 0 bridgehead atoms. The number of rotatable bonds is 6. The Morgan fingerprint density at radius 1 is 1.10 bits per heavy atom. The molecule has 0 saturated heterocycles. The van der Waals surface area contributed by atoms with Crippen molar-refractivity contribution in [1.82, 2.24) is 15.3 Å². The zero-order valence-corrected chi connectivity index (χ0v) is 15.8. The van der Waals surface area contributed by atoms with Crippen LogP contribution in [0.4, 0.5) is 17.6 Å². The molecule has 0 spiro atoms. The van der Waals surface area contributed by atoms with E-state index < -0.39 is 29.5 Å². The number of hydrogen-bond donors (Lipinski definition) is 1. The second kappa shape index (κ2) is 8.89. The van der Waals surface area contributed by atoms with Gasteiger partial charge in [0.2, 0.25) is 5.88 Å². The largest absolute Gasteiger partial charge is 0.472 e. The van der Waals surface area contributed by atoms with E-state index in [0.29, 0.717) is 6.07 Å². The maximum Gasteiger partial charge on any atom is 0.416 e. The first-order valence-corrected chi connectivity index (χ1v) is 8.90. The van der Waals surface area contributed by atoms with Gasteiger partial charge in [-0.05, 0) is 24.6 Å². The van der Waals surface area contributed by atoms with Crippen LogP contribution in [0.3, 0.4) is 0 Å². The van der Waals surface area contributed by atoms with Crippen LogP contribution in [0.1, 0.15) is 40.1 Å². The Hall–Kier alpha value is -3.49. The van der Waals surface area contributed by atoms with Crippen LogP contribution in [0.2, 0.25) is 0 Å². The molecule has 0 saturated carbocycles. The molecular weight excluding hydrogens is 402 g/mol. The van der Waals surface area contributed by atoms with Gasteiger partial charge in [0.15, 0.2) is 0 Å². The van der Waals surface area contributed by atoms with Crippen LogP contribution in [0.25, 0.3) is 0 Å². The standard InChI is InChI=1S/C21H17F4N3O2/c1-13(16-8-7-15(9-17(16)22)21(23,24)25)28-20(29)18-10-27-19(11-26-18)30-12-14-5-3-2-4-6-14/h2-11,13H,12H2,1H3,(H,28,29). The predicted octanol–water partition coefficient (Wildman–Crippen LogP) is 4.70. The third-order valence-corrected chi connectivity index (χ3v) is 4.23. The van der Waals surface area contributed by atoms with Crippen LogP contribution in [-0.2, 0) is 12.8 Å². The van der Waals surface area contributed by atoms with Gasteiger partial charge in [-0.2, -0.15) is 13.2 Å². The summed E-state index contributed by atoms with van der Waals surface area (Å²) in [5, 5.41) is 2.49. The molecule has 5 nitrogen and oxygen atoms in total. The Morgan fingerprint density at radius 3 is 2.43 bits per heavy atom. The number of ether oxygens (including phenoxy) is 1. The molecule has 0 aliphatic rings. The Kier molecular flexibility index (Phi) is 6.29. The number of hydrogen-bond acceptors (Lipinski definition) is 4. The lowest BCUT2D eigenvalue weighted by Crippen LogP contribution is -2.28. The highest BCUT2D eigenvalue weighted by molar-refractivity contribution is 5.92. The van der Waals surface area contributed by atoms with Crippen LogP contribution in [-0.4, -0.2) is 15.9 Å². The number of carbonyl (C=O) groups is 1. The molecule has 30 heavy (non-hydrogen) atoms. The molecule has 156 valence electrons. The minimum Gasteiger partial charge on any atom is -0.472 e. The molecule has 0 fully saturated rings. The normalized spacial score (nSPS) is 12.3. The number of nitrogens with zero attached hydrogens (tertiary/aromatic N) is 2. The number of amides is 1. The van der Waals surface area contributed by atoms with E-state index in [4.69, 9.17) is 4.74 Å². The van der Waals surface area contributed by atoms with Crippen molar-refractivity contribution in [3.05, 3.63) is 89.1 Å². The van der Waals surface area contributed by atoms with Gasteiger partial charge >= 0.3 is 6.18 Å². The second-order valence-electron chi connectivity index (χ2n) is 6.44. The number of alkyl halides is 3. The van der Waals surface area contributed by atoms with Gasteiger partial charge in [-0.25, -0.2) is 14.4 Å². The van der Waals surface area contributed by atoms with Crippen molar-refractivity contribution < 1.29 is 27.1 Å². The highest BCUT2D eigenvalue weighted by atomic mass is 19.4. The van der Waals surface area contributed by atoms with Crippen molar-refractivity contribution in [2.45, 2.75) is 25.7 Å². The van der Waals surface area contributed by atoms with Gasteiger partial charge in [0.1, 0.15) is 18.1 Å². The first-order valence-electron chi connectivity index (χ1n) is 8.90. The van der Waals surface area contributed by atoms with Crippen molar-refractivity contribution >= 4 is 5.91 Å². The zero-order valence-electron chi connectivity index (χ0n) is 15.8. The summed E-state index contributed by atoms with van der Waals surface area (Å²) in [6.07, 6.45) is -2.17. The zero-order chi connectivity index (χ0) is 21.7. The lowest BCUT2D eigenvalue weighted by molar-refractivity contribution is -0.137. The summed E-state index contributed by atoms with van der Waals surface area (Å²) in [5.41, 5.74) is -0.277. The molecule has 0 aliphatic carbocycles. The van der Waals surface area contributed by atoms with Gasteiger partial charge in [-0.3, -0.25) is 4.79 Å². The molecular formula is C21H17F4N3O2. The molecule has 1 unspecified atom stereocenters. The summed E-state index contributed by atoms with van der Waals surface area (Å²) in [4.78, 5) is 20.3. The highest BCUT2D eigenvalue weighted by Gasteiger charge is 2.31. The van der Waals surface area contributed by atoms with Gasteiger partial charge in [-0.1, -0.05) is 36.4 Å². The van der Waals surface area contributed by atoms with Gasteiger partial charge in [0, 0.05) is 5.56 Å². The Balaban J connectivity index is 1.61. The Morgan fingerprint density at radius 2 is 1.83 bits per heavy atom. The Labute approximate surface area is 169 Å².